The molecular weight excluding hydrogens is 436 g/mol. The summed E-state index contributed by atoms with van der Waals surface area (Å²) in [7, 11) is 0. The van der Waals surface area contributed by atoms with E-state index < -0.39 is 28.1 Å². The van der Waals surface area contributed by atoms with Gasteiger partial charge in [-0.2, -0.15) is 0 Å². The topological polar surface area (TPSA) is 116 Å². The van der Waals surface area contributed by atoms with Gasteiger partial charge in [0.1, 0.15) is 0 Å². The highest BCUT2D eigenvalue weighted by molar-refractivity contribution is 5.75. The highest BCUT2D eigenvalue weighted by atomic mass is 16.5. The van der Waals surface area contributed by atoms with Crippen LogP contribution in [-0.2, 0) is 15.2 Å². The zero-order valence-corrected chi connectivity index (χ0v) is 22.4. The van der Waals surface area contributed by atoms with Crippen molar-refractivity contribution in [3.63, 3.8) is 0 Å². The molecule has 2 amide bonds. The van der Waals surface area contributed by atoms with Gasteiger partial charge >= 0.3 is 12.0 Å². The Morgan fingerprint density at radius 3 is 1.68 bits per heavy atom. The van der Waals surface area contributed by atoms with Crippen molar-refractivity contribution in [2.75, 3.05) is 6.54 Å². The second-order valence-electron chi connectivity index (χ2n) is 12.9. The molecule has 2 rings (SSSR count). The second kappa shape index (κ2) is 10.3. The van der Waals surface area contributed by atoms with E-state index in [0.717, 1.165) is 16.5 Å². The maximum atomic E-state index is 13.6. The van der Waals surface area contributed by atoms with Crippen molar-refractivity contribution in [3.05, 3.63) is 0 Å². The lowest BCUT2D eigenvalue weighted by Gasteiger charge is -2.53. The van der Waals surface area contributed by atoms with Crippen molar-refractivity contribution in [1.82, 2.24) is 20.3 Å². The normalized spacial score (nSPS) is 25.1. The fourth-order valence-corrected chi connectivity index (χ4v) is 6.24. The van der Waals surface area contributed by atoms with E-state index in [2.05, 4.69) is 5.32 Å². The average Bonchev–Trinajstić information content (AvgIpc) is 2.65. The number of unbranched alkanes of at least 4 members (excludes halogenated alkanes) is 2. The SMILES string of the molecule is CC1(C)CC(NC(=O)N(CCCCCC(=O)O)C2CC(C)(C)N([O])C(C)(C)C2)CC(C)(C)N1[O]. The van der Waals surface area contributed by atoms with E-state index in [0.29, 0.717) is 45.1 Å². The van der Waals surface area contributed by atoms with Gasteiger partial charge in [-0.05, 0) is 93.9 Å². The lowest BCUT2D eigenvalue weighted by molar-refractivity contribution is -0.293. The third-order valence-electron chi connectivity index (χ3n) is 7.48. The van der Waals surface area contributed by atoms with Crippen molar-refractivity contribution < 1.29 is 25.1 Å². The van der Waals surface area contributed by atoms with E-state index in [4.69, 9.17) is 5.11 Å². The van der Waals surface area contributed by atoms with E-state index in [1.807, 2.05) is 60.3 Å². The molecule has 0 aromatic carbocycles. The van der Waals surface area contributed by atoms with Gasteiger partial charge in [0.05, 0.1) is 0 Å². The Hall–Kier alpha value is -1.42. The van der Waals surface area contributed by atoms with Gasteiger partial charge in [0, 0.05) is 47.2 Å². The summed E-state index contributed by atoms with van der Waals surface area (Å²) in [6, 6.07) is -0.391. The maximum Gasteiger partial charge on any atom is 0.317 e. The fraction of sp³-hybridized carbons (Fsp3) is 0.920. The van der Waals surface area contributed by atoms with Crippen molar-refractivity contribution >= 4 is 12.0 Å². The second-order valence-corrected chi connectivity index (χ2v) is 12.9. The van der Waals surface area contributed by atoms with Crippen molar-refractivity contribution in [2.24, 2.45) is 0 Å². The summed E-state index contributed by atoms with van der Waals surface area (Å²) in [6.07, 6.45) is 4.38. The molecule has 9 heteroatoms. The molecule has 0 bridgehead atoms. The van der Waals surface area contributed by atoms with E-state index in [1.54, 1.807) is 0 Å². The van der Waals surface area contributed by atoms with Crippen molar-refractivity contribution in [1.29, 1.82) is 0 Å². The maximum absolute atomic E-state index is 13.6. The molecule has 196 valence electrons. The average molecular weight is 483 g/mol. The fourth-order valence-electron chi connectivity index (χ4n) is 6.24. The lowest BCUT2D eigenvalue weighted by Crippen LogP contribution is -2.65. The number of aliphatic carboxylic acids is 1. The van der Waals surface area contributed by atoms with Gasteiger partial charge in [0.25, 0.3) is 0 Å². The van der Waals surface area contributed by atoms with Crippen LogP contribution in [0.4, 0.5) is 4.79 Å². The van der Waals surface area contributed by atoms with E-state index in [9.17, 15) is 20.0 Å². The number of hydroxylamine groups is 4. The molecule has 2 aliphatic rings. The van der Waals surface area contributed by atoms with Crippen LogP contribution in [0.5, 0.6) is 0 Å². The Bertz CT molecular complexity index is 701. The van der Waals surface area contributed by atoms with Crippen LogP contribution >= 0.6 is 0 Å². The minimum atomic E-state index is -0.809. The number of carboxylic acid groups (broad SMARTS) is 1. The van der Waals surface area contributed by atoms with Gasteiger partial charge in [0.2, 0.25) is 0 Å². The quantitative estimate of drug-likeness (QED) is 0.498. The lowest BCUT2D eigenvalue weighted by atomic mass is 9.78. The zero-order valence-electron chi connectivity index (χ0n) is 22.4. The third kappa shape index (κ3) is 6.83. The summed E-state index contributed by atoms with van der Waals surface area (Å²) in [4.78, 5) is 26.3. The molecule has 0 saturated carbocycles. The largest absolute Gasteiger partial charge is 0.481 e. The Labute approximate surface area is 205 Å². The Morgan fingerprint density at radius 2 is 1.24 bits per heavy atom. The standard InChI is InChI=1S/C25H46N4O5/c1-22(2)14-18(15-23(3,4)28(22)33)26-21(32)27(13-11-9-10-12-20(30)31)19-16-24(5,6)29(34)25(7,8)17-19/h18-19H,9-17H2,1-8H3,(H,26,32)(H,30,31). The molecule has 0 aromatic heterocycles. The predicted octanol–water partition coefficient (Wildman–Crippen LogP) is 4.38. The van der Waals surface area contributed by atoms with Crippen molar-refractivity contribution in [2.45, 2.75) is 141 Å². The van der Waals surface area contributed by atoms with Crippen LogP contribution < -0.4 is 5.32 Å². The number of hydrogen-bond acceptors (Lipinski definition) is 4. The molecule has 9 nitrogen and oxygen atoms in total. The molecule has 2 N–H and O–H groups in total. The first-order valence-corrected chi connectivity index (χ1v) is 12.6. The number of amides is 2. The number of nitrogens with one attached hydrogen (secondary N) is 1. The van der Waals surface area contributed by atoms with Crippen LogP contribution in [0.25, 0.3) is 0 Å². The van der Waals surface area contributed by atoms with E-state index in [1.165, 1.54) is 0 Å². The molecule has 2 fully saturated rings. The van der Waals surface area contributed by atoms with Gasteiger partial charge in [-0.25, -0.2) is 4.79 Å². The Kier molecular flexibility index (Phi) is 8.72. The molecule has 2 aliphatic heterocycles. The number of carbonyl (C=O) groups excluding carboxylic acids is 1. The molecule has 2 heterocycles. The number of rotatable bonds is 8. The zero-order chi connectivity index (χ0) is 26.1. The van der Waals surface area contributed by atoms with Crippen molar-refractivity contribution in [3.8, 4) is 0 Å². The number of piperidine rings is 2. The number of carboxylic acids is 1. The molecule has 0 aliphatic carbocycles. The summed E-state index contributed by atoms with van der Waals surface area (Å²) in [5.74, 6) is -0.809. The monoisotopic (exact) mass is 482 g/mol. The third-order valence-corrected chi connectivity index (χ3v) is 7.48. The highest BCUT2D eigenvalue weighted by Crippen LogP contribution is 2.40. The molecule has 0 spiro atoms. The summed E-state index contributed by atoms with van der Waals surface area (Å²) >= 11 is 0. The summed E-state index contributed by atoms with van der Waals surface area (Å²) in [5.41, 5.74) is -2.38. The van der Waals surface area contributed by atoms with Crippen LogP contribution in [0.15, 0.2) is 0 Å². The first-order chi connectivity index (χ1) is 15.4. The number of urea groups is 1. The molecule has 2 saturated heterocycles. The summed E-state index contributed by atoms with van der Waals surface area (Å²) < 4.78 is 0. The van der Waals surface area contributed by atoms with Gasteiger partial charge < -0.3 is 15.3 Å². The van der Waals surface area contributed by atoms with Gasteiger partial charge in [-0.15, -0.1) is 20.5 Å². The van der Waals surface area contributed by atoms with Gasteiger partial charge in [-0.1, -0.05) is 6.42 Å². The predicted molar refractivity (Wildman–Crippen MR) is 129 cm³/mol. The van der Waals surface area contributed by atoms with Crippen LogP contribution in [0, 0.1) is 0 Å². The first kappa shape index (κ1) is 28.8. The molecule has 0 aromatic rings. The van der Waals surface area contributed by atoms with E-state index >= 15 is 0 Å². The molecule has 0 atom stereocenters. The number of hydrogen-bond donors (Lipinski definition) is 2. The Balaban J connectivity index is 2.18. The van der Waals surface area contributed by atoms with Crippen LogP contribution in [0.2, 0.25) is 0 Å². The molecule has 34 heavy (non-hydrogen) atoms. The van der Waals surface area contributed by atoms with Crippen LogP contribution in [0.1, 0.15) is 107 Å². The van der Waals surface area contributed by atoms with Gasteiger partial charge in [-0.3, -0.25) is 4.79 Å². The van der Waals surface area contributed by atoms with Crippen LogP contribution in [0.3, 0.4) is 0 Å². The first-order valence-electron chi connectivity index (χ1n) is 12.6. The number of carbonyl (C=O) groups is 2. The Morgan fingerprint density at radius 1 is 0.794 bits per heavy atom. The molecule has 2 radical (unpaired) electrons. The summed E-state index contributed by atoms with van der Waals surface area (Å²) in [6.45, 7) is 15.8. The molecular formula is C25H46N4O5. The summed E-state index contributed by atoms with van der Waals surface area (Å²) in [5, 5.41) is 40.0. The highest BCUT2D eigenvalue weighted by Gasteiger charge is 2.50. The minimum absolute atomic E-state index is 0.102. The van der Waals surface area contributed by atoms with Gasteiger partial charge in [0.15, 0.2) is 0 Å². The number of nitrogens with zero attached hydrogens (tertiary/aromatic N) is 3. The minimum Gasteiger partial charge on any atom is -0.481 e. The van der Waals surface area contributed by atoms with Crippen LogP contribution in [-0.4, -0.2) is 72.9 Å². The molecule has 0 unspecified atom stereocenters. The smallest absolute Gasteiger partial charge is 0.317 e. The van der Waals surface area contributed by atoms with E-state index in [-0.39, 0.29) is 24.5 Å².